The number of aliphatic hydroxyl groups excluding tert-OH is 3. The molecule has 26 heavy (non-hydrogen) atoms. The minimum atomic E-state index is -1.06. The highest BCUT2D eigenvalue weighted by molar-refractivity contribution is 5.83. The number of aliphatic hydroxyl groups is 3. The zero-order chi connectivity index (χ0) is 20.3. The Balaban J connectivity index is 3.17. The highest BCUT2D eigenvalue weighted by atomic mass is 16.5. The Bertz CT molecular complexity index is 493. The highest BCUT2D eigenvalue weighted by Gasteiger charge is 2.39. The van der Waals surface area contributed by atoms with Gasteiger partial charge >= 0.3 is 5.97 Å². The van der Waals surface area contributed by atoms with E-state index in [9.17, 15) is 24.9 Å². The van der Waals surface area contributed by atoms with Gasteiger partial charge in [-0.1, -0.05) is 34.6 Å². The predicted molar refractivity (Wildman–Crippen MR) is 98.2 cm³/mol. The number of hydrogen-bond donors (Lipinski definition) is 3. The van der Waals surface area contributed by atoms with Crippen LogP contribution >= 0.6 is 0 Å². The molecule has 1 saturated heterocycles. The second kappa shape index (κ2) is 9.29. The monoisotopic (exact) mass is 372 g/mol. The fourth-order valence-corrected chi connectivity index (χ4v) is 3.88. The number of carbonyl (C=O) groups is 2. The van der Waals surface area contributed by atoms with Gasteiger partial charge in [-0.15, -0.1) is 0 Å². The van der Waals surface area contributed by atoms with Gasteiger partial charge in [0.05, 0.1) is 24.2 Å². The maximum Gasteiger partial charge on any atom is 0.311 e. The highest BCUT2D eigenvalue weighted by Crippen LogP contribution is 2.30. The molecule has 6 heteroatoms. The summed E-state index contributed by atoms with van der Waals surface area (Å²) in [7, 11) is 0. The van der Waals surface area contributed by atoms with Gasteiger partial charge in [-0.2, -0.15) is 0 Å². The third kappa shape index (κ3) is 5.05. The first kappa shape index (κ1) is 23.1. The van der Waals surface area contributed by atoms with Crippen molar-refractivity contribution < 1.29 is 29.6 Å². The summed E-state index contributed by atoms with van der Waals surface area (Å²) in [6, 6.07) is 0. The number of Topliss-reactive ketones (excluding diaryl/α,β-unsaturated/α-hetero) is 1. The summed E-state index contributed by atoms with van der Waals surface area (Å²) in [6.45, 7) is 12.0. The van der Waals surface area contributed by atoms with Gasteiger partial charge in [-0.05, 0) is 26.2 Å². The van der Waals surface area contributed by atoms with Gasteiger partial charge in [-0.3, -0.25) is 9.59 Å². The summed E-state index contributed by atoms with van der Waals surface area (Å²) in [5, 5.41) is 31.6. The summed E-state index contributed by atoms with van der Waals surface area (Å²) in [4.78, 5) is 25.1. The van der Waals surface area contributed by atoms with Gasteiger partial charge in [0.1, 0.15) is 11.9 Å². The Labute approximate surface area is 156 Å². The largest absolute Gasteiger partial charge is 0.462 e. The molecule has 0 aromatic rings. The van der Waals surface area contributed by atoms with Gasteiger partial charge in [0.15, 0.2) is 0 Å². The summed E-state index contributed by atoms with van der Waals surface area (Å²) in [6.07, 6.45) is -2.98. The Kier molecular flexibility index (Phi) is 8.24. The SMILES string of the molecule is CC1OC(=O)[C@H](C)[C@@H](O)[C@H](C)[C@@H](O)C(C)C[C@@H](C)C(=O)[C@H](C)[C@@H](O)[C@H]1C. The fourth-order valence-electron chi connectivity index (χ4n) is 3.88. The molecule has 0 saturated carbocycles. The van der Waals surface area contributed by atoms with Crippen LogP contribution in [0.4, 0.5) is 0 Å². The number of ketones is 1. The third-order valence-electron chi connectivity index (χ3n) is 6.30. The molecule has 10 atom stereocenters. The maximum atomic E-state index is 12.7. The van der Waals surface area contributed by atoms with Gasteiger partial charge in [0.2, 0.25) is 0 Å². The first-order chi connectivity index (χ1) is 11.9. The zero-order valence-corrected chi connectivity index (χ0v) is 17.0. The molecule has 0 bridgehead atoms. The Morgan fingerprint density at radius 2 is 1.27 bits per heavy atom. The van der Waals surface area contributed by atoms with Crippen LogP contribution in [0.2, 0.25) is 0 Å². The molecule has 0 aliphatic carbocycles. The van der Waals surface area contributed by atoms with Gasteiger partial charge in [0, 0.05) is 23.7 Å². The molecular weight excluding hydrogens is 336 g/mol. The molecule has 1 fully saturated rings. The standard InChI is InChI=1S/C20H36O6/c1-9-8-10(2)17(22)13(5)19(24)14(6)20(25)26-15(7)11(3)18(23)12(4)16(9)21/h9-15,17-19,22-24H,8H2,1-7H3/t9-,10?,11+,12+,13-,14-,15?,17+,18+,19+/m1/s1. The molecule has 0 aromatic heterocycles. The predicted octanol–water partition coefficient (Wildman–Crippen LogP) is 1.79. The van der Waals surface area contributed by atoms with Crippen molar-refractivity contribution in [2.24, 2.45) is 35.5 Å². The van der Waals surface area contributed by atoms with Crippen LogP contribution in [0.15, 0.2) is 0 Å². The van der Waals surface area contributed by atoms with Crippen molar-refractivity contribution in [2.75, 3.05) is 0 Å². The lowest BCUT2D eigenvalue weighted by Gasteiger charge is -2.35. The first-order valence-electron chi connectivity index (χ1n) is 9.68. The smallest absolute Gasteiger partial charge is 0.311 e. The molecule has 152 valence electrons. The molecule has 1 aliphatic rings. The van der Waals surface area contributed by atoms with E-state index < -0.39 is 54.1 Å². The van der Waals surface area contributed by atoms with E-state index in [4.69, 9.17) is 4.74 Å². The van der Waals surface area contributed by atoms with E-state index in [-0.39, 0.29) is 17.6 Å². The van der Waals surface area contributed by atoms with E-state index in [1.807, 2.05) is 6.92 Å². The number of carbonyl (C=O) groups excluding carboxylic acids is 2. The number of hydrogen-bond acceptors (Lipinski definition) is 6. The molecule has 1 aliphatic heterocycles. The molecule has 0 aromatic carbocycles. The van der Waals surface area contributed by atoms with E-state index in [1.165, 1.54) is 0 Å². The molecule has 1 rings (SSSR count). The van der Waals surface area contributed by atoms with Crippen LogP contribution in [0, 0.1) is 35.5 Å². The molecule has 2 unspecified atom stereocenters. The second-order valence-electron chi connectivity index (χ2n) is 8.43. The number of esters is 1. The molecule has 3 N–H and O–H groups in total. The van der Waals surface area contributed by atoms with Crippen molar-refractivity contribution in [3.63, 3.8) is 0 Å². The average Bonchev–Trinajstić information content (AvgIpc) is 2.61. The van der Waals surface area contributed by atoms with E-state index in [2.05, 4.69) is 0 Å². The third-order valence-corrected chi connectivity index (χ3v) is 6.30. The van der Waals surface area contributed by atoms with Crippen LogP contribution in [0.3, 0.4) is 0 Å². The molecule has 1 heterocycles. The van der Waals surface area contributed by atoms with Gasteiger partial charge < -0.3 is 20.1 Å². The van der Waals surface area contributed by atoms with Crippen LogP contribution in [-0.4, -0.2) is 51.5 Å². The average molecular weight is 373 g/mol. The van der Waals surface area contributed by atoms with Crippen LogP contribution in [0.5, 0.6) is 0 Å². The summed E-state index contributed by atoms with van der Waals surface area (Å²) < 4.78 is 5.43. The Hall–Kier alpha value is -0.980. The Morgan fingerprint density at radius 1 is 0.769 bits per heavy atom. The number of rotatable bonds is 0. The molecule has 0 spiro atoms. The minimum absolute atomic E-state index is 0.0689. The summed E-state index contributed by atoms with van der Waals surface area (Å²) in [5.41, 5.74) is 0. The number of ether oxygens (including phenoxy) is 1. The Morgan fingerprint density at radius 3 is 1.81 bits per heavy atom. The summed E-state index contributed by atoms with van der Waals surface area (Å²) in [5.74, 6) is -3.52. The normalized spacial score (nSPS) is 47.2. The minimum Gasteiger partial charge on any atom is -0.462 e. The topological polar surface area (TPSA) is 104 Å². The van der Waals surface area contributed by atoms with Crippen LogP contribution < -0.4 is 0 Å². The molecule has 0 amide bonds. The van der Waals surface area contributed by atoms with Crippen molar-refractivity contribution in [1.29, 1.82) is 0 Å². The number of cyclic esters (lactones) is 1. The zero-order valence-electron chi connectivity index (χ0n) is 17.0. The fraction of sp³-hybridized carbons (Fsp3) is 0.900. The van der Waals surface area contributed by atoms with Crippen molar-refractivity contribution in [3.05, 3.63) is 0 Å². The van der Waals surface area contributed by atoms with Crippen molar-refractivity contribution in [1.82, 2.24) is 0 Å². The quantitative estimate of drug-likeness (QED) is 0.560. The van der Waals surface area contributed by atoms with E-state index >= 15 is 0 Å². The lowest BCUT2D eigenvalue weighted by molar-refractivity contribution is -0.164. The van der Waals surface area contributed by atoms with Crippen LogP contribution in [-0.2, 0) is 14.3 Å². The van der Waals surface area contributed by atoms with Gasteiger partial charge in [0.25, 0.3) is 0 Å². The molecule has 0 radical (unpaired) electrons. The lowest BCUT2D eigenvalue weighted by atomic mass is 9.77. The van der Waals surface area contributed by atoms with Crippen molar-refractivity contribution in [3.8, 4) is 0 Å². The molecule has 6 nitrogen and oxygen atoms in total. The van der Waals surface area contributed by atoms with Crippen LogP contribution in [0.1, 0.15) is 54.9 Å². The van der Waals surface area contributed by atoms with E-state index in [0.29, 0.717) is 6.42 Å². The first-order valence-corrected chi connectivity index (χ1v) is 9.68. The molecular formula is C20H36O6. The second-order valence-corrected chi connectivity index (χ2v) is 8.43. The van der Waals surface area contributed by atoms with Crippen LogP contribution in [0.25, 0.3) is 0 Å². The van der Waals surface area contributed by atoms with Gasteiger partial charge in [-0.25, -0.2) is 0 Å². The lowest BCUT2D eigenvalue weighted by Crippen LogP contribution is -2.45. The maximum absolute atomic E-state index is 12.7. The van der Waals surface area contributed by atoms with Crippen molar-refractivity contribution in [2.45, 2.75) is 79.3 Å². The van der Waals surface area contributed by atoms with Crippen molar-refractivity contribution >= 4 is 11.8 Å². The van der Waals surface area contributed by atoms with E-state index in [1.54, 1.807) is 41.5 Å². The van der Waals surface area contributed by atoms with E-state index in [0.717, 1.165) is 0 Å². The summed E-state index contributed by atoms with van der Waals surface area (Å²) >= 11 is 0.